The van der Waals surface area contributed by atoms with Crippen LogP contribution in [0.3, 0.4) is 0 Å². The van der Waals surface area contributed by atoms with Gasteiger partial charge in [0.1, 0.15) is 10.7 Å². The van der Waals surface area contributed by atoms with Crippen LogP contribution in [-0.2, 0) is 10.5 Å². The Morgan fingerprint density at radius 2 is 2.19 bits per heavy atom. The monoisotopic (exact) mass is 456 g/mol. The van der Waals surface area contributed by atoms with Crippen LogP contribution in [0.15, 0.2) is 40.5 Å². The third kappa shape index (κ3) is 5.02. The van der Waals surface area contributed by atoms with Crippen LogP contribution in [-0.4, -0.2) is 51.7 Å². The Bertz CT molecular complexity index is 1100. The number of carbonyl (C=O) groups excluding carboxylic acids is 1. The van der Waals surface area contributed by atoms with E-state index in [1.807, 2.05) is 42.6 Å². The van der Waals surface area contributed by atoms with Crippen molar-refractivity contribution in [1.29, 1.82) is 0 Å². The van der Waals surface area contributed by atoms with Gasteiger partial charge in [0, 0.05) is 23.5 Å². The highest BCUT2D eigenvalue weighted by Crippen LogP contribution is 2.30. The van der Waals surface area contributed by atoms with E-state index < -0.39 is 0 Å². The van der Waals surface area contributed by atoms with E-state index in [2.05, 4.69) is 27.1 Å². The van der Waals surface area contributed by atoms with Crippen LogP contribution < -0.4 is 10.9 Å². The van der Waals surface area contributed by atoms with E-state index in [0.717, 1.165) is 35.5 Å². The van der Waals surface area contributed by atoms with Gasteiger partial charge in [-0.3, -0.25) is 14.5 Å². The van der Waals surface area contributed by atoms with Crippen LogP contribution in [0.5, 0.6) is 0 Å². The number of likely N-dealkylation sites (N-methyl/N-ethyl adjacent to an activating group) is 1. The van der Waals surface area contributed by atoms with Gasteiger partial charge in [-0.25, -0.2) is 4.98 Å². The maximum absolute atomic E-state index is 12.8. The number of aromatic amines is 1. The number of thiophene rings is 1. The zero-order chi connectivity index (χ0) is 21.8. The van der Waals surface area contributed by atoms with Crippen molar-refractivity contribution in [2.45, 2.75) is 43.7 Å². The summed E-state index contributed by atoms with van der Waals surface area (Å²) in [5.74, 6) is 1.14. The third-order valence-electron chi connectivity index (χ3n) is 5.83. The molecule has 1 amide bonds. The van der Waals surface area contributed by atoms with Crippen LogP contribution in [0, 0.1) is 0 Å². The average Bonchev–Trinajstić information content (AvgIpc) is 3.43. The molecule has 2 aromatic heterocycles. The highest BCUT2D eigenvalue weighted by atomic mass is 32.2. The highest BCUT2D eigenvalue weighted by molar-refractivity contribution is 7.99. The Kier molecular flexibility index (Phi) is 7.09. The Balaban J connectivity index is 1.37. The Morgan fingerprint density at radius 3 is 2.97 bits per heavy atom. The molecule has 2 N–H and O–H groups in total. The molecule has 0 spiro atoms. The molecular formula is C23H28N4O2S2. The average molecular weight is 457 g/mol. The molecule has 164 valence electrons. The second-order valence-corrected chi connectivity index (χ2v) is 10.0. The number of fused-ring (bicyclic) bond motifs is 1. The first-order valence-corrected chi connectivity index (χ1v) is 12.7. The van der Waals surface area contributed by atoms with Crippen molar-refractivity contribution in [3.63, 3.8) is 0 Å². The molecule has 4 rings (SSSR count). The molecule has 1 aliphatic heterocycles. The quantitative estimate of drug-likeness (QED) is 0.538. The number of H-pyrrole nitrogens is 1. The normalized spacial score (nSPS) is 17.8. The largest absolute Gasteiger partial charge is 0.354 e. The number of hydrogen-bond acceptors (Lipinski definition) is 6. The fourth-order valence-corrected chi connectivity index (χ4v) is 5.82. The number of likely N-dealkylation sites (tertiary alicyclic amines) is 1. The second kappa shape index (κ2) is 9.97. The third-order valence-corrected chi connectivity index (χ3v) is 7.86. The smallest absolute Gasteiger partial charge is 0.260 e. The predicted octanol–water partition coefficient (Wildman–Crippen LogP) is 3.87. The number of carbonyl (C=O) groups is 1. The molecule has 0 bridgehead atoms. The van der Waals surface area contributed by atoms with Crippen molar-refractivity contribution in [3.05, 3.63) is 51.9 Å². The summed E-state index contributed by atoms with van der Waals surface area (Å²) in [5, 5.41) is 5.50. The van der Waals surface area contributed by atoms with Crippen molar-refractivity contribution in [3.8, 4) is 11.1 Å². The van der Waals surface area contributed by atoms with Crippen LogP contribution in [0.25, 0.3) is 21.3 Å². The molecule has 31 heavy (non-hydrogen) atoms. The molecule has 1 aliphatic rings. The lowest BCUT2D eigenvalue weighted by Gasteiger charge is -2.23. The van der Waals surface area contributed by atoms with Crippen LogP contribution in [0.4, 0.5) is 0 Å². The molecule has 0 radical (unpaired) electrons. The fourth-order valence-electron chi connectivity index (χ4n) is 4.08. The van der Waals surface area contributed by atoms with Crippen molar-refractivity contribution < 1.29 is 4.79 Å². The summed E-state index contributed by atoms with van der Waals surface area (Å²) >= 11 is 2.97. The first kappa shape index (κ1) is 22.0. The van der Waals surface area contributed by atoms with E-state index in [-0.39, 0.29) is 16.7 Å². The van der Waals surface area contributed by atoms with Gasteiger partial charge in [0.25, 0.3) is 5.56 Å². The highest BCUT2D eigenvalue weighted by Gasteiger charge is 2.24. The molecule has 8 heteroatoms. The summed E-state index contributed by atoms with van der Waals surface area (Å²) in [4.78, 5) is 36.0. The van der Waals surface area contributed by atoms with Crippen molar-refractivity contribution in [2.24, 2.45) is 0 Å². The molecule has 0 saturated carbocycles. The van der Waals surface area contributed by atoms with Gasteiger partial charge in [0.15, 0.2) is 0 Å². The van der Waals surface area contributed by atoms with Crippen molar-refractivity contribution in [2.75, 3.05) is 19.6 Å². The van der Waals surface area contributed by atoms with Gasteiger partial charge < -0.3 is 10.3 Å². The van der Waals surface area contributed by atoms with Gasteiger partial charge in [0.2, 0.25) is 5.91 Å². The first-order chi connectivity index (χ1) is 15.1. The van der Waals surface area contributed by atoms with Gasteiger partial charge in [-0.15, -0.1) is 23.1 Å². The lowest BCUT2D eigenvalue weighted by Crippen LogP contribution is -2.42. The molecule has 3 heterocycles. The predicted molar refractivity (Wildman–Crippen MR) is 130 cm³/mol. The molecule has 1 fully saturated rings. The zero-order valence-electron chi connectivity index (χ0n) is 17.9. The van der Waals surface area contributed by atoms with Crippen LogP contribution >= 0.6 is 23.1 Å². The molecule has 0 aliphatic carbocycles. The lowest BCUT2D eigenvalue weighted by molar-refractivity contribution is -0.120. The maximum atomic E-state index is 12.8. The molecule has 1 saturated heterocycles. The summed E-state index contributed by atoms with van der Waals surface area (Å²) < 4.78 is 0. The summed E-state index contributed by atoms with van der Waals surface area (Å²) in [6.07, 6.45) is 2.35. The summed E-state index contributed by atoms with van der Waals surface area (Å²) in [5.41, 5.74) is 1.80. The van der Waals surface area contributed by atoms with Gasteiger partial charge >= 0.3 is 0 Å². The van der Waals surface area contributed by atoms with E-state index in [1.54, 1.807) is 0 Å². The van der Waals surface area contributed by atoms with Gasteiger partial charge in [-0.1, -0.05) is 37.3 Å². The second-order valence-electron chi connectivity index (χ2n) is 7.83. The standard InChI is InChI=1S/C23H28N4O2S2/c1-3-27-11-7-10-17(27)12-24-21(28)15(2)30-14-19-25-22(29)20-18(13-31-23(20)26-19)16-8-5-4-6-9-16/h4-6,8-9,13,15,17H,3,7,10-12,14H2,1-2H3,(H,24,28)(H,25,26,29). The molecule has 3 aromatic rings. The summed E-state index contributed by atoms with van der Waals surface area (Å²) in [6.45, 7) is 6.93. The Hall–Kier alpha value is -2.16. The number of aromatic nitrogens is 2. The van der Waals surface area contributed by atoms with Gasteiger partial charge in [-0.2, -0.15) is 0 Å². The van der Waals surface area contributed by atoms with E-state index >= 15 is 0 Å². The number of rotatable bonds is 8. The minimum Gasteiger partial charge on any atom is -0.354 e. The molecule has 2 atom stereocenters. The van der Waals surface area contributed by atoms with Crippen LogP contribution in [0.2, 0.25) is 0 Å². The minimum absolute atomic E-state index is 0.0406. The Morgan fingerprint density at radius 1 is 1.39 bits per heavy atom. The molecule has 6 nitrogen and oxygen atoms in total. The Labute approximate surface area is 190 Å². The number of nitrogens with zero attached hydrogens (tertiary/aromatic N) is 2. The summed E-state index contributed by atoms with van der Waals surface area (Å²) in [6, 6.07) is 10.3. The molecule has 1 aromatic carbocycles. The van der Waals surface area contributed by atoms with Gasteiger partial charge in [-0.05, 0) is 38.4 Å². The SMILES string of the molecule is CCN1CCCC1CNC(=O)C(C)SCc1nc2scc(-c3ccccc3)c2c(=O)[nH]1. The summed E-state index contributed by atoms with van der Waals surface area (Å²) in [7, 11) is 0. The molecular weight excluding hydrogens is 428 g/mol. The van der Waals surface area contributed by atoms with Crippen LogP contribution in [0.1, 0.15) is 32.5 Å². The number of amides is 1. The topological polar surface area (TPSA) is 78.1 Å². The van der Waals surface area contributed by atoms with E-state index in [1.165, 1.54) is 29.5 Å². The fraction of sp³-hybridized carbons (Fsp3) is 0.435. The lowest BCUT2D eigenvalue weighted by atomic mass is 10.1. The van der Waals surface area contributed by atoms with Crippen molar-refractivity contribution >= 4 is 39.2 Å². The van der Waals surface area contributed by atoms with E-state index in [0.29, 0.717) is 29.6 Å². The van der Waals surface area contributed by atoms with E-state index in [4.69, 9.17) is 0 Å². The van der Waals surface area contributed by atoms with E-state index in [9.17, 15) is 9.59 Å². The number of benzene rings is 1. The zero-order valence-corrected chi connectivity index (χ0v) is 19.5. The van der Waals surface area contributed by atoms with Gasteiger partial charge in [0.05, 0.1) is 16.4 Å². The first-order valence-electron chi connectivity index (χ1n) is 10.8. The maximum Gasteiger partial charge on any atom is 0.260 e. The number of nitrogens with one attached hydrogen (secondary N) is 2. The minimum atomic E-state index is -0.208. The number of hydrogen-bond donors (Lipinski definition) is 2. The van der Waals surface area contributed by atoms with Crippen molar-refractivity contribution in [1.82, 2.24) is 20.2 Å². The number of thioether (sulfide) groups is 1. The molecule has 2 unspecified atom stereocenters.